The lowest BCUT2D eigenvalue weighted by molar-refractivity contribution is 1.54. The van der Waals surface area contributed by atoms with Gasteiger partial charge < -0.3 is 10.6 Å². The Morgan fingerprint density at radius 1 is 0.842 bits per heavy atom. The van der Waals surface area contributed by atoms with Crippen LogP contribution in [0.4, 0.5) is 11.4 Å². The second-order valence-electron chi connectivity index (χ2n) is 4.20. The molecule has 94 valence electrons. The summed E-state index contributed by atoms with van der Waals surface area (Å²) in [6, 6.07) is 15.6. The van der Waals surface area contributed by atoms with Crippen LogP contribution >= 0.6 is 23.8 Å². The monoisotopic (exact) mass is 286 g/mol. The first kappa shape index (κ1) is 12.2. The van der Waals surface area contributed by atoms with Crippen molar-refractivity contribution in [3.63, 3.8) is 0 Å². The zero-order chi connectivity index (χ0) is 13.2. The Hall–Kier alpha value is -1.84. The van der Waals surface area contributed by atoms with Crippen LogP contribution in [0.15, 0.2) is 54.6 Å². The number of benzene rings is 2. The number of para-hydroxylation sites is 2. The number of halogens is 1. The summed E-state index contributed by atoms with van der Waals surface area (Å²) < 4.78 is 0. The van der Waals surface area contributed by atoms with E-state index in [-0.39, 0.29) is 0 Å². The fraction of sp³-hybridized carbons (Fsp3) is 0. The van der Waals surface area contributed by atoms with Crippen molar-refractivity contribution in [2.24, 2.45) is 0 Å². The third-order valence-electron chi connectivity index (χ3n) is 2.89. The van der Waals surface area contributed by atoms with Crippen molar-refractivity contribution in [3.05, 3.63) is 65.2 Å². The lowest BCUT2D eigenvalue weighted by atomic mass is 10.1. The highest BCUT2D eigenvalue weighted by Gasteiger charge is 2.13. The fourth-order valence-electron chi connectivity index (χ4n) is 2.01. The van der Waals surface area contributed by atoms with Crippen molar-refractivity contribution in [3.8, 4) is 0 Å². The number of nitrogens with one attached hydrogen (secondary N) is 2. The van der Waals surface area contributed by atoms with E-state index in [4.69, 9.17) is 23.8 Å². The average molecular weight is 287 g/mol. The first-order chi connectivity index (χ1) is 9.24. The van der Waals surface area contributed by atoms with Gasteiger partial charge in [-0.25, -0.2) is 0 Å². The highest BCUT2D eigenvalue weighted by molar-refractivity contribution is 7.81. The Morgan fingerprint density at radius 3 is 2.21 bits per heavy atom. The zero-order valence-corrected chi connectivity index (χ0v) is 11.6. The second-order valence-corrected chi connectivity index (χ2v) is 5.04. The van der Waals surface area contributed by atoms with Gasteiger partial charge in [0.05, 0.1) is 17.1 Å². The van der Waals surface area contributed by atoms with Crippen LogP contribution in [0, 0.1) is 0 Å². The van der Waals surface area contributed by atoms with E-state index in [2.05, 4.69) is 10.6 Å². The maximum absolute atomic E-state index is 6.24. The quantitative estimate of drug-likeness (QED) is 0.752. The molecular weight excluding hydrogens is 276 g/mol. The van der Waals surface area contributed by atoms with E-state index < -0.39 is 0 Å². The minimum atomic E-state index is 0.660. The van der Waals surface area contributed by atoms with Crippen LogP contribution in [0.3, 0.4) is 0 Å². The first-order valence-corrected chi connectivity index (χ1v) is 6.66. The summed E-state index contributed by atoms with van der Waals surface area (Å²) in [4.78, 5) is 0.660. The van der Waals surface area contributed by atoms with Crippen LogP contribution in [-0.2, 0) is 0 Å². The van der Waals surface area contributed by atoms with E-state index in [0.717, 1.165) is 22.6 Å². The Balaban J connectivity index is 2.08. The molecule has 0 saturated heterocycles. The maximum Gasteiger partial charge on any atom is 0.105 e. The van der Waals surface area contributed by atoms with Crippen LogP contribution < -0.4 is 10.6 Å². The first-order valence-electron chi connectivity index (χ1n) is 5.88. The second kappa shape index (κ2) is 5.03. The molecular formula is C15H11ClN2S. The molecule has 0 fully saturated rings. The predicted molar refractivity (Wildman–Crippen MR) is 85.7 cm³/mol. The molecule has 1 aliphatic heterocycles. The Labute approximate surface area is 122 Å². The molecule has 0 aromatic heterocycles. The summed E-state index contributed by atoms with van der Waals surface area (Å²) in [5.74, 6) is 0. The van der Waals surface area contributed by atoms with Crippen LogP contribution in [0.1, 0.15) is 5.56 Å². The van der Waals surface area contributed by atoms with Crippen molar-refractivity contribution < 1.29 is 0 Å². The van der Waals surface area contributed by atoms with Crippen molar-refractivity contribution in [1.29, 1.82) is 0 Å². The molecule has 2 aromatic carbocycles. The number of rotatable bonds is 1. The standard InChI is InChI=1S/C15H11ClN2S/c16-11-6-2-1-5-10(11)14-9-15(19)18-13-8-4-3-7-12(13)17-14/h1-9,17H,(H,18,19). The van der Waals surface area contributed by atoms with Crippen molar-refractivity contribution in [2.75, 3.05) is 10.6 Å². The lowest BCUT2D eigenvalue weighted by Crippen LogP contribution is -2.04. The van der Waals surface area contributed by atoms with Crippen molar-refractivity contribution in [2.45, 2.75) is 0 Å². The molecule has 4 heteroatoms. The van der Waals surface area contributed by atoms with Gasteiger partial charge in [-0.3, -0.25) is 0 Å². The zero-order valence-electron chi connectivity index (χ0n) is 9.98. The topological polar surface area (TPSA) is 24.1 Å². The number of thiocarbonyl (C=S) groups is 1. The molecule has 2 N–H and O–H groups in total. The molecule has 0 unspecified atom stereocenters. The van der Waals surface area contributed by atoms with E-state index in [9.17, 15) is 0 Å². The molecule has 2 nitrogen and oxygen atoms in total. The molecule has 0 bridgehead atoms. The summed E-state index contributed by atoms with van der Waals surface area (Å²) in [6.45, 7) is 0. The molecule has 19 heavy (non-hydrogen) atoms. The summed E-state index contributed by atoms with van der Waals surface area (Å²) >= 11 is 11.6. The average Bonchev–Trinajstić information content (AvgIpc) is 2.57. The van der Waals surface area contributed by atoms with Gasteiger partial charge in [0, 0.05) is 10.6 Å². The molecule has 1 aliphatic rings. The van der Waals surface area contributed by atoms with Gasteiger partial charge in [-0.1, -0.05) is 54.2 Å². The van der Waals surface area contributed by atoms with Gasteiger partial charge in [-0.15, -0.1) is 0 Å². The molecule has 0 saturated carbocycles. The minimum Gasteiger partial charge on any atom is -0.353 e. The van der Waals surface area contributed by atoms with E-state index in [1.165, 1.54) is 0 Å². The van der Waals surface area contributed by atoms with Crippen LogP contribution in [0.25, 0.3) is 5.70 Å². The molecule has 1 heterocycles. The van der Waals surface area contributed by atoms with Crippen molar-refractivity contribution >= 4 is 45.9 Å². The van der Waals surface area contributed by atoms with Crippen LogP contribution in [0.2, 0.25) is 5.02 Å². The van der Waals surface area contributed by atoms with Gasteiger partial charge in [-0.05, 0) is 24.3 Å². The lowest BCUT2D eigenvalue weighted by Gasteiger charge is -2.12. The molecule has 0 radical (unpaired) electrons. The van der Waals surface area contributed by atoms with Gasteiger partial charge in [0.15, 0.2) is 0 Å². The number of hydrogen-bond donors (Lipinski definition) is 2. The minimum absolute atomic E-state index is 0.660. The van der Waals surface area contributed by atoms with Crippen molar-refractivity contribution in [1.82, 2.24) is 0 Å². The summed E-state index contributed by atoms with van der Waals surface area (Å²) in [7, 11) is 0. The molecule has 3 rings (SSSR count). The molecule has 0 atom stereocenters. The third-order valence-corrected chi connectivity index (χ3v) is 3.44. The summed E-state index contributed by atoms with van der Waals surface area (Å²) in [6.07, 6.45) is 1.89. The fourth-order valence-corrected chi connectivity index (χ4v) is 2.47. The molecule has 0 spiro atoms. The van der Waals surface area contributed by atoms with E-state index >= 15 is 0 Å². The Bertz CT molecular complexity index is 679. The summed E-state index contributed by atoms with van der Waals surface area (Å²) in [5.41, 5.74) is 3.78. The van der Waals surface area contributed by atoms with Crippen LogP contribution in [-0.4, -0.2) is 4.99 Å². The van der Waals surface area contributed by atoms with E-state index in [0.29, 0.717) is 10.0 Å². The molecule has 2 aromatic rings. The van der Waals surface area contributed by atoms with Gasteiger partial charge in [-0.2, -0.15) is 0 Å². The Kier molecular flexibility index (Phi) is 3.23. The van der Waals surface area contributed by atoms with Gasteiger partial charge >= 0.3 is 0 Å². The summed E-state index contributed by atoms with van der Waals surface area (Å²) in [5, 5.41) is 7.26. The van der Waals surface area contributed by atoms with Gasteiger partial charge in [0.25, 0.3) is 0 Å². The number of hydrogen-bond acceptors (Lipinski definition) is 2. The molecule has 0 amide bonds. The Morgan fingerprint density at radius 2 is 1.47 bits per heavy atom. The number of anilines is 2. The van der Waals surface area contributed by atoms with Gasteiger partial charge in [0.2, 0.25) is 0 Å². The predicted octanol–water partition coefficient (Wildman–Crippen LogP) is 4.55. The smallest absolute Gasteiger partial charge is 0.105 e. The SMILES string of the molecule is S=C1C=C(c2ccccc2Cl)Nc2ccccc2N1. The normalized spacial score (nSPS) is 13.7. The maximum atomic E-state index is 6.24. The van der Waals surface area contributed by atoms with Gasteiger partial charge in [0.1, 0.15) is 4.99 Å². The van der Waals surface area contributed by atoms with Crippen LogP contribution in [0.5, 0.6) is 0 Å². The van der Waals surface area contributed by atoms with E-state index in [1.807, 2.05) is 54.6 Å². The highest BCUT2D eigenvalue weighted by atomic mass is 35.5. The third kappa shape index (κ3) is 2.48. The molecule has 0 aliphatic carbocycles. The van der Waals surface area contributed by atoms with E-state index in [1.54, 1.807) is 0 Å². The highest BCUT2D eigenvalue weighted by Crippen LogP contribution is 2.31. The largest absolute Gasteiger partial charge is 0.353 e. The number of fused-ring (bicyclic) bond motifs is 1.